The van der Waals surface area contributed by atoms with Crippen LogP contribution in [0.25, 0.3) is 0 Å². The topological polar surface area (TPSA) is 105 Å². The highest BCUT2D eigenvalue weighted by molar-refractivity contribution is 7.47. The normalized spacial score (nSPS) is 14.0. The van der Waals surface area contributed by atoms with Crippen LogP contribution in [0, 0.1) is 0 Å². The first-order valence-electron chi connectivity index (χ1n) is 30.2. The summed E-state index contributed by atoms with van der Waals surface area (Å²) in [7, 11) is 1.63. The summed E-state index contributed by atoms with van der Waals surface area (Å²) in [5, 5.41) is 14.0. The largest absolute Gasteiger partial charge is 0.472 e. The van der Waals surface area contributed by atoms with E-state index in [1.807, 2.05) is 21.1 Å². The van der Waals surface area contributed by atoms with Crippen LogP contribution in [0.1, 0.15) is 303 Å². The van der Waals surface area contributed by atoms with Crippen LogP contribution in [0.4, 0.5) is 0 Å². The second-order valence-electron chi connectivity index (χ2n) is 22.1. The Morgan fingerprint density at radius 3 is 1.19 bits per heavy atom. The number of amides is 1. The van der Waals surface area contributed by atoms with E-state index in [9.17, 15) is 19.4 Å². The predicted octanol–water partition coefficient (Wildman–Crippen LogP) is 18.4. The van der Waals surface area contributed by atoms with Crippen LogP contribution in [-0.2, 0) is 18.4 Å². The maximum absolute atomic E-state index is 12.9. The number of nitrogens with zero attached hydrogens (tertiary/aromatic N) is 1. The lowest BCUT2D eigenvalue weighted by Crippen LogP contribution is -2.46. The molecule has 0 heterocycles. The standard InChI is InChI=1S/C60H119N2O6P/c1-6-8-10-12-14-16-18-19-20-21-22-23-24-25-26-27-28-29-30-31-32-33-34-35-36-37-38-39-40-41-42-43-44-46-48-50-52-54-60(64)61-58(57-68-69(65,66)67-56-55-62(3,4)5)59(63)53-51-49-47-45-17-15-13-11-9-7-2/h26-27,29-30,58-59,63H,6-25,28,31-57H2,1-5H3,(H-,61,64,65,66)/p+1/b27-26-,30-29-. The number of allylic oxidation sites excluding steroid dienone is 4. The van der Waals surface area contributed by atoms with Gasteiger partial charge in [0.05, 0.1) is 39.9 Å². The van der Waals surface area contributed by atoms with E-state index in [4.69, 9.17) is 9.05 Å². The highest BCUT2D eigenvalue weighted by Crippen LogP contribution is 2.43. The van der Waals surface area contributed by atoms with Crippen LogP contribution in [0.15, 0.2) is 24.3 Å². The summed E-state index contributed by atoms with van der Waals surface area (Å²) >= 11 is 0. The van der Waals surface area contributed by atoms with Crippen LogP contribution < -0.4 is 5.32 Å². The number of unbranched alkanes of at least 4 members (excludes halogenated alkanes) is 39. The minimum absolute atomic E-state index is 0.0764. The van der Waals surface area contributed by atoms with Crippen LogP contribution >= 0.6 is 7.82 Å². The van der Waals surface area contributed by atoms with Crippen molar-refractivity contribution in [3.8, 4) is 0 Å². The van der Waals surface area contributed by atoms with Gasteiger partial charge in [0.1, 0.15) is 13.2 Å². The summed E-state index contributed by atoms with van der Waals surface area (Å²) in [5.41, 5.74) is 0. The van der Waals surface area contributed by atoms with Crippen molar-refractivity contribution in [2.75, 3.05) is 40.9 Å². The molecule has 0 aliphatic carbocycles. The summed E-state index contributed by atoms with van der Waals surface area (Å²) in [4.78, 5) is 23.2. The van der Waals surface area contributed by atoms with E-state index in [1.165, 1.54) is 231 Å². The zero-order chi connectivity index (χ0) is 50.6. The Hall–Kier alpha value is -1.02. The summed E-state index contributed by atoms with van der Waals surface area (Å²) < 4.78 is 23.7. The van der Waals surface area contributed by atoms with Crippen molar-refractivity contribution in [3.05, 3.63) is 24.3 Å². The van der Waals surface area contributed by atoms with Crippen molar-refractivity contribution in [1.82, 2.24) is 5.32 Å². The molecule has 9 heteroatoms. The van der Waals surface area contributed by atoms with E-state index in [0.29, 0.717) is 23.9 Å². The van der Waals surface area contributed by atoms with Crippen LogP contribution in [0.2, 0.25) is 0 Å². The van der Waals surface area contributed by atoms with Gasteiger partial charge in [-0.1, -0.05) is 276 Å². The van der Waals surface area contributed by atoms with Gasteiger partial charge in [-0.25, -0.2) is 4.57 Å². The molecule has 0 aromatic carbocycles. The van der Waals surface area contributed by atoms with Gasteiger partial charge in [0.2, 0.25) is 5.91 Å². The van der Waals surface area contributed by atoms with Gasteiger partial charge in [-0.3, -0.25) is 13.8 Å². The molecule has 0 spiro atoms. The van der Waals surface area contributed by atoms with Gasteiger partial charge in [-0.2, -0.15) is 0 Å². The van der Waals surface area contributed by atoms with E-state index >= 15 is 0 Å². The number of carbonyl (C=O) groups excluding carboxylic acids is 1. The minimum Gasteiger partial charge on any atom is -0.391 e. The van der Waals surface area contributed by atoms with Crippen LogP contribution in [0.3, 0.4) is 0 Å². The molecule has 3 N–H and O–H groups in total. The first-order chi connectivity index (χ1) is 33.5. The lowest BCUT2D eigenvalue weighted by atomic mass is 10.0. The van der Waals surface area contributed by atoms with Gasteiger partial charge in [0, 0.05) is 6.42 Å². The number of hydrogen-bond acceptors (Lipinski definition) is 5. The molecule has 69 heavy (non-hydrogen) atoms. The fourth-order valence-corrected chi connectivity index (χ4v) is 9.93. The Labute approximate surface area is 430 Å². The molecule has 3 atom stereocenters. The summed E-state index contributed by atoms with van der Waals surface area (Å²) in [6, 6.07) is -0.757. The highest BCUT2D eigenvalue weighted by atomic mass is 31.2. The quantitative estimate of drug-likeness (QED) is 0.0243. The number of likely N-dealkylation sites (N-methyl/N-ethyl adjacent to an activating group) is 1. The number of phosphoric ester groups is 1. The second-order valence-corrected chi connectivity index (χ2v) is 23.5. The average Bonchev–Trinajstić information content (AvgIpc) is 3.31. The van der Waals surface area contributed by atoms with E-state index in [1.54, 1.807) is 0 Å². The van der Waals surface area contributed by atoms with E-state index in [-0.39, 0.29) is 19.1 Å². The van der Waals surface area contributed by atoms with Gasteiger partial charge in [-0.15, -0.1) is 0 Å². The van der Waals surface area contributed by atoms with E-state index < -0.39 is 20.0 Å². The van der Waals surface area contributed by atoms with Crippen molar-refractivity contribution in [3.63, 3.8) is 0 Å². The molecule has 0 aromatic heterocycles. The number of rotatable bonds is 56. The molecule has 410 valence electrons. The Morgan fingerprint density at radius 1 is 0.493 bits per heavy atom. The van der Waals surface area contributed by atoms with Crippen molar-refractivity contribution in [2.45, 2.75) is 315 Å². The summed E-state index contributed by atoms with van der Waals surface area (Å²) in [6.45, 7) is 4.90. The van der Waals surface area contributed by atoms with Gasteiger partial charge in [0.25, 0.3) is 0 Å². The Kier molecular flexibility index (Phi) is 51.1. The van der Waals surface area contributed by atoms with Crippen molar-refractivity contribution >= 4 is 13.7 Å². The predicted molar refractivity (Wildman–Crippen MR) is 300 cm³/mol. The molecule has 0 radical (unpaired) electrons. The maximum atomic E-state index is 12.9. The van der Waals surface area contributed by atoms with Gasteiger partial charge in [0.15, 0.2) is 0 Å². The average molecular weight is 997 g/mol. The molecule has 1 amide bonds. The fraction of sp³-hybridized carbons (Fsp3) is 0.917. The molecule has 0 fully saturated rings. The smallest absolute Gasteiger partial charge is 0.391 e. The number of hydrogen-bond donors (Lipinski definition) is 3. The third kappa shape index (κ3) is 54.6. The van der Waals surface area contributed by atoms with Crippen molar-refractivity contribution < 1.29 is 32.9 Å². The number of phosphoric acid groups is 1. The molecule has 0 saturated carbocycles. The third-order valence-corrected chi connectivity index (χ3v) is 14.9. The lowest BCUT2D eigenvalue weighted by molar-refractivity contribution is -0.870. The van der Waals surface area contributed by atoms with Gasteiger partial charge >= 0.3 is 7.82 Å². The minimum atomic E-state index is -4.31. The van der Waals surface area contributed by atoms with Gasteiger partial charge in [-0.05, 0) is 44.9 Å². The first-order valence-corrected chi connectivity index (χ1v) is 31.7. The van der Waals surface area contributed by atoms with Crippen molar-refractivity contribution in [2.24, 2.45) is 0 Å². The number of nitrogens with one attached hydrogen (secondary N) is 1. The van der Waals surface area contributed by atoms with E-state index in [2.05, 4.69) is 43.5 Å². The molecular formula is C60H120N2O6P+. The number of aliphatic hydroxyl groups is 1. The molecule has 0 aliphatic heterocycles. The monoisotopic (exact) mass is 996 g/mol. The van der Waals surface area contributed by atoms with Gasteiger partial charge < -0.3 is 19.8 Å². The molecular weight excluding hydrogens is 876 g/mol. The number of carbonyl (C=O) groups is 1. The Morgan fingerprint density at radius 2 is 0.826 bits per heavy atom. The molecule has 0 bridgehead atoms. The fourth-order valence-electron chi connectivity index (χ4n) is 9.20. The van der Waals surface area contributed by atoms with E-state index in [0.717, 1.165) is 44.9 Å². The molecule has 0 rings (SSSR count). The molecule has 0 saturated heterocycles. The maximum Gasteiger partial charge on any atom is 0.472 e. The van der Waals surface area contributed by atoms with Crippen LogP contribution in [0.5, 0.6) is 0 Å². The Bertz CT molecular complexity index is 1170. The number of aliphatic hydroxyl groups excluding tert-OH is 1. The molecule has 0 aromatic rings. The summed E-state index contributed by atoms with van der Waals surface area (Å²) in [6.07, 6.45) is 65.6. The molecule has 0 aliphatic rings. The Balaban J connectivity index is 3.85. The first kappa shape index (κ1) is 68.0. The zero-order valence-electron chi connectivity index (χ0n) is 46.8. The lowest BCUT2D eigenvalue weighted by Gasteiger charge is -2.26. The SMILES string of the molecule is CCCCCCCCCCCCCCC/C=C\C/C=C\CCCCCCCCCCCCCCCCCCCC(=O)NC(COP(=O)(O)OCC[N+](C)(C)C)C(O)CCCCCCCCCCCC. The number of quaternary nitrogens is 1. The van der Waals surface area contributed by atoms with Crippen LogP contribution in [-0.4, -0.2) is 73.4 Å². The summed E-state index contributed by atoms with van der Waals surface area (Å²) in [5.74, 6) is -0.142. The van der Waals surface area contributed by atoms with Crippen molar-refractivity contribution in [1.29, 1.82) is 0 Å². The zero-order valence-corrected chi connectivity index (χ0v) is 47.7. The third-order valence-electron chi connectivity index (χ3n) is 14.0. The highest BCUT2D eigenvalue weighted by Gasteiger charge is 2.28. The molecule has 3 unspecified atom stereocenters. The molecule has 8 nitrogen and oxygen atoms in total. The second kappa shape index (κ2) is 51.9.